The molecule has 0 aliphatic rings. The fourth-order valence-corrected chi connectivity index (χ4v) is 2.37. The molecule has 8 heteroatoms. The quantitative estimate of drug-likeness (QED) is 0.708. The van der Waals surface area contributed by atoms with Gasteiger partial charge in [-0.3, -0.25) is 4.79 Å². The highest BCUT2D eigenvalue weighted by atomic mass is 19.1. The monoisotopic (exact) mass is 370 g/mol. The van der Waals surface area contributed by atoms with Crippen LogP contribution in [0.1, 0.15) is 16.1 Å². The number of anilines is 3. The summed E-state index contributed by atoms with van der Waals surface area (Å²) in [6.45, 7) is 1.89. The van der Waals surface area contributed by atoms with Gasteiger partial charge in [0, 0.05) is 0 Å². The number of carbonyl (C=O) groups is 1. The zero-order valence-electron chi connectivity index (χ0n) is 14.6. The highest BCUT2D eigenvalue weighted by Crippen LogP contribution is 2.26. The van der Waals surface area contributed by atoms with Gasteiger partial charge in [-0.15, -0.1) is 10.2 Å². The van der Waals surface area contributed by atoms with Crippen LogP contribution in [0.3, 0.4) is 0 Å². The number of ether oxygens (including phenoxy) is 1. The van der Waals surface area contributed by atoms with Gasteiger partial charge in [0.15, 0.2) is 11.5 Å². The third-order valence-corrected chi connectivity index (χ3v) is 3.72. The highest BCUT2D eigenvalue weighted by molar-refractivity contribution is 6.03. The first kappa shape index (κ1) is 18.2. The van der Waals surface area contributed by atoms with Crippen LogP contribution in [-0.4, -0.2) is 23.2 Å². The van der Waals surface area contributed by atoms with Gasteiger partial charge in [-0.2, -0.15) is 0 Å². The molecule has 0 aliphatic carbocycles. The lowest BCUT2D eigenvalue weighted by atomic mass is 10.2. The second-order valence-corrected chi connectivity index (χ2v) is 5.68. The summed E-state index contributed by atoms with van der Waals surface area (Å²) in [7, 11) is 1.50. The molecule has 3 rings (SSSR count). The van der Waals surface area contributed by atoms with E-state index in [2.05, 4.69) is 20.8 Å². The summed E-state index contributed by atoms with van der Waals surface area (Å²) < 4.78 is 32.5. The average Bonchev–Trinajstić information content (AvgIpc) is 2.65. The minimum Gasteiger partial charge on any atom is -0.495 e. The summed E-state index contributed by atoms with van der Waals surface area (Å²) in [6, 6.07) is 11.7. The molecule has 0 unspecified atom stereocenters. The van der Waals surface area contributed by atoms with Crippen molar-refractivity contribution in [3.8, 4) is 5.75 Å². The van der Waals surface area contributed by atoms with Gasteiger partial charge in [-0.05, 0) is 48.9 Å². The first-order valence-corrected chi connectivity index (χ1v) is 7.98. The SMILES string of the molecule is COc1ccc(C)cc1NC(=O)c1ccc(Nc2c(F)cccc2F)nn1. The van der Waals surface area contributed by atoms with E-state index in [1.54, 1.807) is 12.1 Å². The summed E-state index contributed by atoms with van der Waals surface area (Å²) in [5.74, 6) is -1.40. The Hall–Kier alpha value is -3.55. The van der Waals surface area contributed by atoms with Crippen molar-refractivity contribution in [2.24, 2.45) is 0 Å². The summed E-state index contributed by atoms with van der Waals surface area (Å²) >= 11 is 0. The molecule has 0 radical (unpaired) electrons. The van der Waals surface area contributed by atoms with Crippen molar-refractivity contribution >= 4 is 23.1 Å². The third kappa shape index (κ3) is 4.17. The Morgan fingerprint density at radius 3 is 2.41 bits per heavy atom. The Balaban J connectivity index is 1.75. The van der Waals surface area contributed by atoms with E-state index in [0.717, 1.165) is 17.7 Å². The Labute approximate surface area is 154 Å². The first-order valence-electron chi connectivity index (χ1n) is 7.98. The van der Waals surface area contributed by atoms with Crippen LogP contribution in [0.25, 0.3) is 0 Å². The zero-order valence-corrected chi connectivity index (χ0v) is 14.6. The Morgan fingerprint density at radius 1 is 1.04 bits per heavy atom. The van der Waals surface area contributed by atoms with Crippen LogP contribution < -0.4 is 15.4 Å². The number of amides is 1. The van der Waals surface area contributed by atoms with E-state index < -0.39 is 17.5 Å². The number of carbonyl (C=O) groups excluding carboxylic acids is 1. The number of nitrogens with one attached hydrogen (secondary N) is 2. The molecule has 27 heavy (non-hydrogen) atoms. The summed E-state index contributed by atoms with van der Waals surface area (Å²) in [5, 5.41) is 12.8. The van der Waals surface area contributed by atoms with Crippen LogP contribution in [0.5, 0.6) is 5.75 Å². The molecule has 2 aromatic carbocycles. The van der Waals surface area contributed by atoms with E-state index in [1.807, 2.05) is 13.0 Å². The number of hydrogen-bond donors (Lipinski definition) is 2. The predicted molar refractivity (Wildman–Crippen MR) is 97.4 cm³/mol. The van der Waals surface area contributed by atoms with Gasteiger partial charge in [-0.25, -0.2) is 8.78 Å². The molecule has 0 bridgehead atoms. The molecule has 3 aromatic rings. The number of methoxy groups -OCH3 is 1. The lowest BCUT2D eigenvalue weighted by Gasteiger charge is -2.11. The molecule has 1 aromatic heterocycles. The molecule has 1 heterocycles. The smallest absolute Gasteiger partial charge is 0.276 e. The van der Waals surface area contributed by atoms with Crippen LogP contribution in [0.4, 0.5) is 26.0 Å². The van der Waals surface area contributed by atoms with E-state index in [-0.39, 0.29) is 17.2 Å². The fraction of sp³-hybridized carbons (Fsp3) is 0.105. The van der Waals surface area contributed by atoms with Crippen molar-refractivity contribution in [1.29, 1.82) is 0 Å². The lowest BCUT2D eigenvalue weighted by Crippen LogP contribution is -2.15. The Bertz CT molecular complexity index is 958. The molecule has 0 spiro atoms. The van der Waals surface area contributed by atoms with Crippen molar-refractivity contribution in [2.75, 3.05) is 17.7 Å². The molecular formula is C19H16F2N4O2. The van der Waals surface area contributed by atoms with E-state index in [4.69, 9.17) is 4.74 Å². The first-order chi connectivity index (χ1) is 13.0. The van der Waals surface area contributed by atoms with Gasteiger partial charge < -0.3 is 15.4 Å². The summed E-state index contributed by atoms with van der Waals surface area (Å²) in [6.07, 6.45) is 0. The third-order valence-electron chi connectivity index (χ3n) is 3.72. The van der Waals surface area contributed by atoms with Gasteiger partial charge in [0.05, 0.1) is 12.8 Å². The Morgan fingerprint density at radius 2 is 1.78 bits per heavy atom. The highest BCUT2D eigenvalue weighted by Gasteiger charge is 2.13. The van der Waals surface area contributed by atoms with Gasteiger partial charge >= 0.3 is 0 Å². The maximum absolute atomic E-state index is 13.7. The van der Waals surface area contributed by atoms with E-state index >= 15 is 0 Å². The van der Waals surface area contributed by atoms with Gasteiger partial charge in [0.1, 0.15) is 23.1 Å². The normalized spacial score (nSPS) is 10.4. The maximum Gasteiger partial charge on any atom is 0.276 e. The molecule has 2 N–H and O–H groups in total. The molecule has 0 saturated carbocycles. The minimum absolute atomic E-state index is 0.0399. The van der Waals surface area contributed by atoms with Crippen LogP contribution in [0, 0.1) is 18.6 Å². The average molecular weight is 370 g/mol. The number of aromatic nitrogens is 2. The lowest BCUT2D eigenvalue weighted by molar-refractivity contribution is 0.102. The molecule has 138 valence electrons. The van der Waals surface area contributed by atoms with E-state index in [1.165, 1.54) is 25.3 Å². The van der Waals surface area contributed by atoms with Crippen molar-refractivity contribution in [1.82, 2.24) is 10.2 Å². The van der Waals surface area contributed by atoms with Crippen molar-refractivity contribution in [3.63, 3.8) is 0 Å². The van der Waals surface area contributed by atoms with Crippen LogP contribution in [0.15, 0.2) is 48.5 Å². The van der Waals surface area contributed by atoms with Crippen molar-refractivity contribution < 1.29 is 18.3 Å². The molecule has 0 saturated heterocycles. The van der Waals surface area contributed by atoms with Crippen LogP contribution in [-0.2, 0) is 0 Å². The maximum atomic E-state index is 13.7. The Kier molecular flexibility index (Phi) is 5.25. The van der Waals surface area contributed by atoms with Gasteiger partial charge in [0.25, 0.3) is 5.91 Å². The summed E-state index contributed by atoms with van der Waals surface area (Å²) in [4.78, 5) is 12.4. The van der Waals surface area contributed by atoms with Gasteiger partial charge in [0.2, 0.25) is 0 Å². The molecule has 0 aliphatic heterocycles. The number of halogens is 2. The zero-order chi connectivity index (χ0) is 19.4. The predicted octanol–water partition coefficient (Wildman–Crippen LogP) is 4.07. The molecule has 0 atom stereocenters. The molecule has 1 amide bonds. The number of para-hydroxylation sites is 1. The minimum atomic E-state index is -0.759. The second-order valence-electron chi connectivity index (χ2n) is 5.68. The largest absolute Gasteiger partial charge is 0.495 e. The number of benzene rings is 2. The van der Waals surface area contributed by atoms with Crippen LogP contribution >= 0.6 is 0 Å². The van der Waals surface area contributed by atoms with E-state index in [0.29, 0.717) is 11.4 Å². The molecular weight excluding hydrogens is 354 g/mol. The second kappa shape index (κ2) is 7.77. The van der Waals surface area contributed by atoms with E-state index in [9.17, 15) is 13.6 Å². The standard InChI is InChI=1S/C19H16F2N4O2/c1-11-6-8-16(27-2)15(10-11)22-19(26)14-7-9-17(25-24-14)23-18-12(20)4-3-5-13(18)21/h3-10H,1-2H3,(H,22,26)(H,23,25). The fourth-order valence-electron chi connectivity index (χ4n) is 2.37. The molecule has 0 fully saturated rings. The summed E-state index contributed by atoms with van der Waals surface area (Å²) in [5.41, 5.74) is 1.15. The van der Waals surface area contributed by atoms with Gasteiger partial charge in [-0.1, -0.05) is 12.1 Å². The molecule has 6 nitrogen and oxygen atoms in total. The van der Waals surface area contributed by atoms with Crippen molar-refractivity contribution in [2.45, 2.75) is 6.92 Å². The number of aryl methyl sites for hydroxylation is 1. The van der Waals surface area contributed by atoms with Crippen molar-refractivity contribution in [3.05, 3.63) is 71.4 Å². The number of nitrogens with zero attached hydrogens (tertiary/aromatic N) is 2. The topological polar surface area (TPSA) is 76.1 Å². The number of hydrogen-bond acceptors (Lipinski definition) is 5. The number of rotatable bonds is 5. The van der Waals surface area contributed by atoms with Crippen LogP contribution in [0.2, 0.25) is 0 Å².